The van der Waals surface area contributed by atoms with Gasteiger partial charge in [0.2, 0.25) is 6.41 Å². The van der Waals surface area contributed by atoms with Crippen LogP contribution >= 0.6 is 0 Å². The van der Waals surface area contributed by atoms with Crippen molar-refractivity contribution in [2.45, 2.75) is 6.42 Å². The average Bonchev–Trinajstić information content (AvgIpc) is 2.18. The van der Waals surface area contributed by atoms with Crippen LogP contribution in [-0.4, -0.2) is 74.5 Å². The van der Waals surface area contributed by atoms with Crippen LogP contribution in [-0.2, 0) is 4.79 Å². The van der Waals surface area contributed by atoms with Gasteiger partial charge in [-0.1, -0.05) is 0 Å². The molecule has 4 heteroatoms. The number of hydrogen-bond acceptors (Lipinski definition) is 3. The highest BCUT2D eigenvalue weighted by Gasteiger charge is 2.14. The van der Waals surface area contributed by atoms with Crippen LogP contribution in [0.5, 0.6) is 0 Å². The molecular formula is C10H21N3O. The maximum absolute atomic E-state index is 10.5. The minimum Gasteiger partial charge on any atom is -0.343 e. The molecule has 0 spiro atoms. The summed E-state index contributed by atoms with van der Waals surface area (Å²) in [6.45, 7) is 6.16. The Morgan fingerprint density at radius 1 is 1.21 bits per heavy atom. The second-order valence-electron chi connectivity index (χ2n) is 4.14. The van der Waals surface area contributed by atoms with Gasteiger partial charge in [0.15, 0.2) is 0 Å². The normalized spacial score (nSPS) is 18.9. The molecule has 0 N–H and O–H groups in total. The van der Waals surface area contributed by atoms with Gasteiger partial charge in [-0.3, -0.25) is 9.69 Å². The Kier molecular flexibility index (Phi) is 4.90. The molecule has 0 unspecified atom stereocenters. The lowest BCUT2D eigenvalue weighted by Crippen LogP contribution is -2.46. The molecule has 0 aromatic heterocycles. The number of rotatable bonds is 5. The average molecular weight is 199 g/mol. The smallest absolute Gasteiger partial charge is 0.209 e. The molecule has 0 saturated carbocycles. The predicted octanol–water partition coefficient (Wildman–Crippen LogP) is -0.288. The Hall–Kier alpha value is -0.610. The van der Waals surface area contributed by atoms with E-state index >= 15 is 0 Å². The molecule has 0 aromatic rings. The van der Waals surface area contributed by atoms with Gasteiger partial charge in [0.1, 0.15) is 0 Å². The first-order chi connectivity index (χ1) is 6.72. The zero-order valence-corrected chi connectivity index (χ0v) is 9.28. The van der Waals surface area contributed by atoms with Gasteiger partial charge in [0.05, 0.1) is 0 Å². The third-order valence-electron chi connectivity index (χ3n) is 2.64. The van der Waals surface area contributed by atoms with Crippen molar-refractivity contribution in [2.75, 3.05) is 53.4 Å². The van der Waals surface area contributed by atoms with E-state index < -0.39 is 0 Å². The Morgan fingerprint density at radius 2 is 1.86 bits per heavy atom. The van der Waals surface area contributed by atoms with Gasteiger partial charge >= 0.3 is 0 Å². The number of hydrogen-bond donors (Lipinski definition) is 0. The van der Waals surface area contributed by atoms with E-state index in [1.165, 1.54) is 6.42 Å². The molecule has 0 radical (unpaired) electrons. The van der Waals surface area contributed by atoms with Crippen LogP contribution in [0.25, 0.3) is 0 Å². The summed E-state index contributed by atoms with van der Waals surface area (Å²) in [6.07, 6.45) is 2.17. The largest absolute Gasteiger partial charge is 0.343 e. The second kappa shape index (κ2) is 5.98. The lowest BCUT2D eigenvalue weighted by Gasteiger charge is -2.32. The van der Waals surface area contributed by atoms with Gasteiger partial charge in [-0.05, 0) is 33.6 Å². The summed E-state index contributed by atoms with van der Waals surface area (Å²) in [5.74, 6) is 0. The summed E-state index contributed by atoms with van der Waals surface area (Å²) in [5.41, 5.74) is 0. The highest BCUT2D eigenvalue weighted by molar-refractivity contribution is 5.47. The molecule has 1 aliphatic rings. The van der Waals surface area contributed by atoms with Gasteiger partial charge in [-0.25, -0.2) is 0 Å². The molecule has 1 fully saturated rings. The molecule has 1 saturated heterocycles. The molecule has 14 heavy (non-hydrogen) atoms. The maximum atomic E-state index is 10.5. The van der Waals surface area contributed by atoms with E-state index in [9.17, 15) is 4.79 Å². The van der Waals surface area contributed by atoms with Crippen molar-refractivity contribution < 1.29 is 4.79 Å². The van der Waals surface area contributed by atoms with Gasteiger partial charge in [0, 0.05) is 26.2 Å². The minimum absolute atomic E-state index is 0.894. The van der Waals surface area contributed by atoms with Crippen LogP contribution in [0.2, 0.25) is 0 Å². The Bertz CT molecular complexity index is 165. The van der Waals surface area contributed by atoms with Crippen LogP contribution in [0.15, 0.2) is 0 Å². The molecule has 0 bridgehead atoms. The molecule has 82 valence electrons. The van der Waals surface area contributed by atoms with E-state index in [0.29, 0.717) is 0 Å². The number of carbonyl (C=O) groups excluding carboxylic acids is 1. The number of carbonyl (C=O) groups is 1. The SMILES string of the molecule is CN(C)CCCN1CCN(C=O)CC1. The van der Waals surface area contributed by atoms with Crippen LogP contribution in [0, 0.1) is 0 Å². The van der Waals surface area contributed by atoms with Gasteiger partial charge < -0.3 is 9.80 Å². The molecule has 1 aliphatic heterocycles. The summed E-state index contributed by atoms with van der Waals surface area (Å²) < 4.78 is 0. The molecule has 0 aromatic carbocycles. The Balaban J connectivity index is 2.07. The molecule has 1 heterocycles. The van der Waals surface area contributed by atoms with Crippen LogP contribution in [0.3, 0.4) is 0 Å². The van der Waals surface area contributed by atoms with E-state index in [-0.39, 0.29) is 0 Å². The molecule has 4 nitrogen and oxygen atoms in total. The number of piperazine rings is 1. The summed E-state index contributed by atoms with van der Waals surface area (Å²) >= 11 is 0. The van der Waals surface area contributed by atoms with Crippen LogP contribution < -0.4 is 0 Å². The van der Waals surface area contributed by atoms with Crippen molar-refractivity contribution in [1.82, 2.24) is 14.7 Å². The van der Waals surface area contributed by atoms with E-state index in [0.717, 1.165) is 45.7 Å². The van der Waals surface area contributed by atoms with Crippen LogP contribution in [0.1, 0.15) is 6.42 Å². The topological polar surface area (TPSA) is 26.8 Å². The molecular weight excluding hydrogens is 178 g/mol. The number of nitrogens with zero attached hydrogens (tertiary/aromatic N) is 3. The zero-order chi connectivity index (χ0) is 10.4. The van der Waals surface area contributed by atoms with Gasteiger partial charge in [-0.15, -0.1) is 0 Å². The minimum atomic E-state index is 0.894. The Morgan fingerprint density at radius 3 is 2.36 bits per heavy atom. The second-order valence-corrected chi connectivity index (χ2v) is 4.14. The third-order valence-corrected chi connectivity index (χ3v) is 2.64. The lowest BCUT2D eigenvalue weighted by atomic mass is 10.3. The Labute approximate surface area is 86.5 Å². The van der Waals surface area contributed by atoms with Crippen molar-refractivity contribution in [1.29, 1.82) is 0 Å². The van der Waals surface area contributed by atoms with Crippen molar-refractivity contribution in [3.05, 3.63) is 0 Å². The standard InChI is InChI=1S/C10H21N3O/c1-11(2)4-3-5-12-6-8-13(10-14)9-7-12/h10H,3-9H2,1-2H3. The van der Waals surface area contributed by atoms with Crippen molar-refractivity contribution in [2.24, 2.45) is 0 Å². The first kappa shape index (κ1) is 11.5. The fourth-order valence-corrected chi connectivity index (χ4v) is 1.70. The summed E-state index contributed by atoms with van der Waals surface area (Å²) in [6, 6.07) is 0. The fourth-order valence-electron chi connectivity index (χ4n) is 1.70. The molecule has 0 aliphatic carbocycles. The number of amides is 1. The monoisotopic (exact) mass is 199 g/mol. The van der Waals surface area contributed by atoms with Gasteiger partial charge in [0.25, 0.3) is 0 Å². The fraction of sp³-hybridized carbons (Fsp3) is 0.900. The van der Waals surface area contributed by atoms with Gasteiger partial charge in [-0.2, -0.15) is 0 Å². The maximum Gasteiger partial charge on any atom is 0.209 e. The summed E-state index contributed by atoms with van der Waals surface area (Å²) in [4.78, 5) is 17.0. The highest BCUT2D eigenvalue weighted by atomic mass is 16.1. The molecule has 1 rings (SSSR count). The van der Waals surface area contributed by atoms with Crippen molar-refractivity contribution in [3.63, 3.8) is 0 Å². The molecule has 0 atom stereocenters. The van der Waals surface area contributed by atoms with E-state index in [1.54, 1.807) is 0 Å². The van der Waals surface area contributed by atoms with E-state index in [2.05, 4.69) is 23.9 Å². The summed E-state index contributed by atoms with van der Waals surface area (Å²) in [5, 5.41) is 0. The highest BCUT2D eigenvalue weighted by Crippen LogP contribution is 2.00. The quantitative estimate of drug-likeness (QED) is 0.569. The first-order valence-corrected chi connectivity index (χ1v) is 5.29. The third kappa shape index (κ3) is 4.07. The molecule has 1 amide bonds. The first-order valence-electron chi connectivity index (χ1n) is 5.29. The van der Waals surface area contributed by atoms with Crippen molar-refractivity contribution >= 4 is 6.41 Å². The van der Waals surface area contributed by atoms with Crippen molar-refractivity contribution in [3.8, 4) is 0 Å². The van der Waals surface area contributed by atoms with E-state index in [4.69, 9.17) is 0 Å². The predicted molar refractivity (Wildman–Crippen MR) is 57.2 cm³/mol. The summed E-state index contributed by atoms with van der Waals surface area (Å²) in [7, 11) is 4.20. The lowest BCUT2D eigenvalue weighted by molar-refractivity contribution is -0.119. The van der Waals surface area contributed by atoms with E-state index in [1.807, 2.05) is 4.90 Å². The van der Waals surface area contributed by atoms with Crippen LogP contribution in [0.4, 0.5) is 0 Å². The zero-order valence-electron chi connectivity index (χ0n) is 9.28.